The molecule has 0 bridgehead atoms. The number of pyridine rings is 3. The number of carbonyl (C=O) groups excluding carboxylic acids is 1. The van der Waals surface area contributed by atoms with Gasteiger partial charge in [-0.05, 0) is 48.7 Å². The van der Waals surface area contributed by atoms with E-state index in [1.807, 2.05) is 50.1 Å². The smallest absolute Gasteiger partial charge is 0.253 e. The fourth-order valence-electron chi connectivity index (χ4n) is 4.54. The van der Waals surface area contributed by atoms with Crippen molar-refractivity contribution in [3.05, 3.63) is 88.4 Å². The standard InChI is InChI=1S/C27H26N8O/c1-17-8-21(27(36)32-12-19-4-5-23(10-28)29-11-19)14-31-26(17)35-7-6-25-22(15-35)9-20(13-30-25)24-16-34(3)33-18(24)2/h4-5,8-9,11,13-14,16H,6-7,12,15H2,1-3H3,(H,32,36). The maximum Gasteiger partial charge on any atom is 0.253 e. The first kappa shape index (κ1) is 23.2. The summed E-state index contributed by atoms with van der Waals surface area (Å²) in [6.45, 7) is 5.84. The molecule has 0 saturated carbocycles. The molecule has 4 aromatic heterocycles. The van der Waals surface area contributed by atoms with Crippen molar-refractivity contribution in [1.82, 2.24) is 30.0 Å². The highest BCUT2D eigenvalue weighted by Crippen LogP contribution is 2.29. The molecule has 1 aliphatic heterocycles. The van der Waals surface area contributed by atoms with Gasteiger partial charge in [-0.1, -0.05) is 6.07 Å². The molecule has 36 heavy (non-hydrogen) atoms. The van der Waals surface area contributed by atoms with E-state index in [9.17, 15) is 4.79 Å². The van der Waals surface area contributed by atoms with Crippen LogP contribution in [0, 0.1) is 25.2 Å². The summed E-state index contributed by atoms with van der Waals surface area (Å²) in [6.07, 6.45) is 8.01. The molecule has 9 heteroatoms. The molecule has 0 unspecified atom stereocenters. The molecule has 0 saturated heterocycles. The minimum absolute atomic E-state index is 0.203. The third kappa shape index (κ3) is 4.66. The van der Waals surface area contributed by atoms with Crippen LogP contribution in [0.15, 0.2) is 49.1 Å². The van der Waals surface area contributed by atoms with Crippen LogP contribution in [0.2, 0.25) is 0 Å². The van der Waals surface area contributed by atoms with Crippen LogP contribution in [-0.4, -0.2) is 37.2 Å². The van der Waals surface area contributed by atoms with Crippen molar-refractivity contribution in [3.63, 3.8) is 0 Å². The molecule has 0 spiro atoms. The molecule has 1 aliphatic rings. The molecule has 0 radical (unpaired) electrons. The molecule has 1 N–H and O–H groups in total. The molecule has 4 aromatic rings. The number of anilines is 1. The fourth-order valence-corrected chi connectivity index (χ4v) is 4.54. The average Bonchev–Trinajstić information content (AvgIpc) is 3.24. The van der Waals surface area contributed by atoms with Crippen LogP contribution in [0.4, 0.5) is 5.82 Å². The Hall–Kier alpha value is -4.58. The summed E-state index contributed by atoms with van der Waals surface area (Å²) in [5.41, 5.74) is 8.05. The van der Waals surface area contributed by atoms with Crippen molar-refractivity contribution >= 4 is 11.7 Å². The average molecular weight is 479 g/mol. The second kappa shape index (κ2) is 9.58. The first-order valence-corrected chi connectivity index (χ1v) is 11.7. The van der Waals surface area contributed by atoms with Gasteiger partial charge in [-0.2, -0.15) is 10.4 Å². The Bertz CT molecular complexity index is 1480. The number of nitriles is 1. The summed E-state index contributed by atoms with van der Waals surface area (Å²) < 4.78 is 1.82. The van der Waals surface area contributed by atoms with Crippen LogP contribution in [0.1, 0.15) is 44.1 Å². The molecule has 9 nitrogen and oxygen atoms in total. The number of amides is 1. The third-order valence-corrected chi connectivity index (χ3v) is 6.37. The lowest BCUT2D eigenvalue weighted by atomic mass is 10.0. The van der Waals surface area contributed by atoms with Crippen LogP contribution in [0.25, 0.3) is 11.1 Å². The summed E-state index contributed by atoms with van der Waals surface area (Å²) in [7, 11) is 1.92. The molecule has 5 rings (SSSR count). The van der Waals surface area contributed by atoms with Crippen molar-refractivity contribution in [3.8, 4) is 17.2 Å². The molecule has 0 aromatic carbocycles. The normalized spacial score (nSPS) is 12.7. The maximum absolute atomic E-state index is 12.7. The highest BCUT2D eigenvalue weighted by atomic mass is 16.1. The Morgan fingerprint density at radius 1 is 1.14 bits per heavy atom. The molecule has 0 fully saturated rings. The zero-order chi connectivity index (χ0) is 25.2. The first-order valence-electron chi connectivity index (χ1n) is 11.7. The van der Waals surface area contributed by atoms with Crippen LogP contribution in [0.5, 0.6) is 0 Å². The fraction of sp³-hybridized carbons (Fsp3) is 0.259. The van der Waals surface area contributed by atoms with Crippen LogP contribution < -0.4 is 10.2 Å². The number of hydrogen-bond donors (Lipinski definition) is 1. The minimum atomic E-state index is -0.203. The van der Waals surface area contributed by atoms with Gasteiger partial charge in [0.2, 0.25) is 0 Å². The number of aromatic nitrogens is 5. The van der Waals surface area contributed by atoms with Gasteiger partial charge in [0.25, 0.3) is 5.91 Å². The van der Waals surface area contributed by atoms with E-state index in [-0.39, 0.29) is 5.91 Å². The number of rotatable bonds is 5. The van der Waals surface area contributed by atoms with E-state index in [0.717, 1.165) is 52.4 Å². The number of aryl methyl sites for hydroxylation is 3. The van der Waals surface area contributed by atoms with Gasteiger partial charge in [0.15, 0.2) is 0 Å². The number of nitrogens with one attached hydrogen (secondary N) is 1. The summed E-state index contributed by atoms with van der Waals surface area (Å²) in [5.74, 6) is 0.669. The molecule has 5 heterocycles. The lowest BCUT2D eigenvalue weighted by Crippen LogP contribution is -2.32. The highest BCUT2D eigenvalue weighted by molar-refractivity contribution is 5.94. The van der Waals surface area contributed by atoms with E-state index < -0.39 is 0 Å². The first-order chi connectivity index (χ1) is 17.4. The Kier molecular flexibility index (Phi) is 6.17. The van der Waals surface area contributed by atoms with E-state index in [0.29, 0.717) is 24.3 Å². The lowest BCUT2D eigenvalue weighted by molar-refractivity contribution is 0.0950. The van der Waals surface area contributed by atoms with Gasteiger partial charge in [0, 0.05) is 74.7 Å². The van der Waals surface area contributed by atoms with E-state index in [1.54, 1.807) is 24.5 Å². The van der Waals surface area contributed by atoms with E-state index >= 15 is 0 Å². The van der Waals surface area contributed by atoms with Crippen molar-refractivity contribution < 1.29 is 4.79 Å². The summed E-state index contributed by atoms with van der Waals surface area (Å²) in [5, 5.41) is 16.2. The van der Waals surface area contributed by atoms with Crippen LogP contribution in [0.3, 0.4) is 0 Å². The predicted molar refractivity (Wildman–Crippen MR) is 135 cm³/mol. The summed E-state index contributed by atoms with van der Waals surface area (Å²) in [6, 6.07) is 9.47. The lowest BCUT2D eigenvalue weighted by Gasteiger charge is -2.30. The number of hydrogen-bond acceptors (Lipinski definition) is 7. The van der Waals surface area contributed by atoms with Gasteiger partial charge in [-0.25, -0.2) is 9.97 Å². The van der Waals surface area contributed by atoms with E-state index in [1.165, 1.54) is 5.56 Å². The van der Waals surface area contributed by atoms with Crippen molar-refractivity contribution in [2.24, 2.45) is 7.05 Å². The molecular formula is C27H26N8O. The Morgan fingerprint density at radius 3 is 2.69 bits per heavy atom. The molecule has 0 aliphatic carbocycles. The van der Waals surface area contributed by atoms with Crippen molar-refractivity contribution in [2.45, 2.75) is 33.4 Å². The van der Waals surface area contributed by atoms with Gasteiger partial charge in [0.1, 0.15) is 17.6 Å². The second-order valence-corrected chi connectivity index (χ2v) is 9.01. The van der Waals surface area contributed by atoms with Gasteiger partial charge in [-0.15, -0.1) is 0 Å². The molecule has 0 atom stereocenters. The van der Waals surface area contributed by atoms with E-state index in [4.69, 9.17) is 10.2 Å². The highest BCUT2D eigenvalue weighted by Gasteiger charge is 2.22. The third-order valence-electron chi connectivity index (χ3n) is 6.37. The van der Waals surface area contributed by atoms with Crippen LogP contribution in [-0.2, 0) is 26.6 Å². The van der Waals surface area contributed by atoms with Crippen molar-refractivity contribution in [2.75, 3.05) is 11.4 Å². The maximum atomic E-state index is 12.7. The zero-order valence-electron chi connectivity index (χ0n) is 20.5. The number of nitrogens with zero attached hydrogens (tertiary/aromatic N) is 7. The Morgan fingerprint density at radius 2 is 2.00 bits per heavy atom. The van der Waals surface area contributed by atoms with Gasteiger partial charge >= 0.3 is 0 Å². The minimum Gasteiger partial charge on any atom is -0.352 e. The zero-order valence-corrected chi connectivity index (χ0v) is 20.5. The SMILES string of the molecule is Cc1cc(C(=O)NCc2ccc(C#N)nc2)cnc1N1CCc2ncc(-c3cn(C)nc3C)cc2C1. The Labute approximate surface area is 209 Å². The van der Waals surface area contributed by atoms with Crippen LogP contribution >= 0.6 is 0 Å². The quantitative estimate of drug-likeness (QED) is 0.468. The molecule has 180 valence electrons. The summed E-state index contributed by atoms with van der Waals surface area (Å²) >= 11 is 0. The Balaban J connectivity index is 1.29. The monoisotopic (exact) mass is 478 g/mol. The van der Waals surface area contributed by atoms with Gasteiger partial charge in [-0.3, -0.25) is 14.5 Å². The molecule has 1 amide bonds. The second-order valence-electron chi connectivity index (χ2n) is 9.01. The topological polar surface area (TPSA) is 113 Å². The number of carbonyl (C=O) groups is 1. The number of fused-ring (bicyclic) bond motifs is 1. The molecular weight excluding hydrogens is 452 g/mol. The van der Waals surface area contributed by atoms with Gasteiger partial charge in [0.05, 0.1) is 11.3 Å². The van der Waals surface area contributed by atoms with Gasteiger partial charge < -0.3 is 10.2 Å². The van der Waals surface area contributed by atoms with Crippen molar-refractivity contribution in [1.29, 1.82) is 5.26 Å². The predicted octanol–water partition coefficient (Wildman–Crippen LogP) is 3.25. The summed E-state index contributed by atoms with van der Waals surface area (Å²) in [4.78, 5) is 28.3. The van der Waals surface area contributed by atoms with E-state index in [2.05, 4.69) is 31.3 Å². The largest absolute Gasteiger partial charge is 0.352 e.